The molecular formula is C58H47NO. The Morgan fingerprint density at radius 2 is 1.50 bits per heavy atom. The molecule has 0 N–H and O–H groups in total. The van der Waals surface area contributed by atoms with Crippen LogP contribution in [0, 0.1) is 0 Å². The zero-order valence-corrected chi connectivity index (χ0v) is 34.7. The smallest absolute Gasteiger partial charge is 0.143 e. The maximum Gasteiger partial charge on any atom is 0.143 e. The predicted octanol–water partition coefficient (Wildman–Crippen LogP) is 15.5. The normalized spacial score (nSPS) is 16.1. The molecule has 0 aliphatic heterocycles. The highest BCUT2D eigenvalue weighted by atomic mass is 16.3. The van der Waals surface area contributed by atoms with Crippen LogP contribution >= 0.6 is 0 Å². The number of fused-ring (bicyclic) bond motifs is 13. The van der Waals surface area contributed by atoms with E-state index in [1.165, 1.54) is 111 Å². The van der Waals surface area contributed by atoms with Crippen molar-refractivity contribution < 1.29 is 4.42 Å². The molecule has 0 radical (unpaired) electrons. The van der Waals surface area contributed by atoms with Gasteiger partial charge in [0.25, 0.3) is 0 Å². The minimum atomic E-state index is -0.169. The second-order valence-electron chi connectivity index (χ2n) is 17.7. The number of furan rings is 1. The van der Waals surface area contributed by atoms with E-state index in [0.717, 1.165) is 55.4 Å². The molecule has 4 aliphatic carbocycles. The van der Waals surface area contributed by atoms with Gasteiger partial charge in [0, 0.05) is 44.3 Å². The predicted molar refractivity (Wildman–Crippen MR) is 255 cm³/mol. The number of benzene rings is 6. The Labute approximate surface area is 352 Å². The summed E-state index contributed by atoms with van der Waals surface area (Å²) in [5.41, 5.74) is 23.1. The molecule has 0 unspecified atom stereocenters. The van der Waals surface area contributed by atoms with Gasteiger partial charge in [-0.2, -0.15) is 0 Å². The van der Waals surface area contributed by atoms with Crippen LogP contribution < -0.4 is 0 Å². The molecule has 60 heavy (non-hydrogen) atoms. The van der Waals surface area contributed by atoms with Crippen LogP contribution in [-0.4, -0.2) is 4.57 Å². The van der Waals surface area contributed by atoms with Crippen LogP contribution in [0.5, 0.6) is 0 Å². The van der Waals surface area contributed by atoms with Crippen molar-refractivity contribution in [3.63, 3.8) is 0 Å². The second kappa shape index (κ2) is 13.2. The molecule has 2 heteroatoms. The molecule has 6 aromatic carbocycles. The summed E-state index contributed by atoms with van der Waals surface area (Å²) in [6.07, 6.45) is 21.9. The lowest BCUT2D eigenvalue weighted by atomic mass is 9.82. The summed E-state index contributed by atoms with van der Waals surface area (Å²) < 4.78 is 9.25. The molecule has 290 valence electrons. The zero-order chi connectivity index (χ0) is 40.3. The Kier molecular flexibility index (Phi) is 7.76. The molecule has 0 saturated carbocycles. The Balaban J connectivity index is 1.02. The first kappa shape index (κ1) is 35.3. The van der Waals surface area contributed by atoms with Gasteiger partial charge in [-0.05, 0) is 160 Å². The lowest BCUT2D eigenvalue weighted by Gasteiger charge is -2.23. The first-order valence-corrected chi connectivity index (χ1v) is 21.8. The van der Waals surface area contributed by atoms with Crippen molar-refractivity contribution in [1.29, 1.82) is 0 Å². The first-order chi connectivity index (χ1) is 29.4. The Hall–Kier alpha value is -6.64. The van der Waals surface area contributed by atoms with Crippen LogP contribution in [0.15, 0.2) is 138 Å². The highest BCUT2D eigenvalue weighted by Crippen LogP contribution is 2.53. The number of rotatable bonds is 5. The molecule has 2 nitrogen and oxygen atoms in total. The monoisotopic (exact) mass is 773 g/mol. The van der Waals surface area contributed by atoms with Gasteiger partial charge in [-0.15, -0.1) is 0 Å². The molecule has 0 amide bonds. The van der Waals surface area contributed by atoms with E-state index in [0.29, 0.717) is 0 Å². The van der Waals surface area contributed by atoms with Crippen molar-refractivity contribution >= 4 is 62.0 Å². The molecule has 12 rings (SSSR count). The summed E-state index contributed by atoms with van der Waals surface area (Å²) in [7, 11) is 0. The van der Waals surface area contributed by atoms with Crippen LogP contribution in [0.4, 0.5) is 0 Å². The number of nitrogens with zero attached hydrogens (tertiary/aromatic N) is 1. The zero-order valence-electron chi connectivity index (χ0n) is 34.7. The van der Waals surface area contributed by atoms with Crippen LogP contribution in [0.3, 0.4) is 0 Å². The largest absolute Gasteiger partial charge is 0.456 e. The summed E-state index contributed by atoms with van der Waals surface area (Å²) >= 11 is 0. The van der Waals surface area contributed by atoms with E-state index in [1.54, 1.807) is 0 Å². The first-order valence-electron chi connectivity index (χ1n) is 21.8. The minimum absolute atomic E-state index is 0.169. The van der Waals surface area contributed by atoms with E-state index in [4.69, 9.17) is 4.42 Å². The molecule has 4 aliphatic rings. The summed E-state index contributed by atoms with van der Waals surface area (Å²) in [5.74, 6) is 1.03. The number of allylic oxidation sites excluding steroid dienone is 6. The fraction of sp³-hybridized carbons (Fsp3) is 0.172. The summed E-state index contributed by atoms with van der Waals surface area (Å²) in [6, 6.07) is 39.7. The standard InChI is InChI=1S/C58H47NO/c1-5-35(6-2)36-15-17-37(18-16-36)40-22-29-53-49(32-40)50-33-41(39-21-25-45-42(31-39)20-19-38-11-7-8-12-44(38)45)23-30-54(50)59(53)43-24-26-48-52(34-43)58(3,4)51-28-27-47-46-13-9-10-14-55(46)60-57(47)56(48)51/h5-7,10-11,14-22,24-29,31-34H,1,8-9,12-13,23,30H2,2-4H3/b35-6+. The fourth-order valence-electron chi connectivity index (χ4n) is 11.1. The fourth-order valence-corrected chi connectivity index (χ4v) is 11.1. The lowest BCUT2D eigenvalue weighted by molar-refractivity contribution is 0.595. The quantitative estimate of drug-likeness (QED) is 0.159. The Bertz CT molecular complexity index is 3290. The Morgan fingerprint density at radius 3 is 2.35 bits per heavy atom. The van der Waals surface area contributed by atoms with E-state index in [-0.39, 0.29) is 5.41 Å². The topological polar surface area (TPSA) is 18.1 Å². The van der Waals surface area contributed by atoms with Gasteiger partial charge < -0.3 is 8.98 Å². The summed E-state index contributed by atoms with van der Waals surface area (Å²) in [4.78, 5) is 0. The molecule has 0 fully saturated rings. The van der Waals surface area contributed by atoms with Gasteiger partial charge in [0.15, 0.2) is 0 Å². The molecule has 0 spiro atoms. The van der Waals surface area contributed by atoms with Gasteiger partial charge in [0.2, 0.25) is 0 Å². The van der Waals surface area contributed by atoms with E-state index in [1.807, 2.05) is 6.08 Å². The van der Waals surface area contributed by atoms with E-state index >= 15 is 0 Å². The Morgan fingerprint density at radius 1 is 0.700 bits per heavy atom. The van der Waals surface area contributed by atoms with E-state index in [9.17, 15) is 0 Å². The SMILES string of the molecule is C=C/C(=C\C)c1ccc(-c2ccc3c(c2)c2c(n3-c3ccc4c(c3)C(C)(C)c3ccc5c6c(oc5c3-4)C=CCC6)CCC(c3ccc4c5c(ccc4c3)C=CCC5)=C2)cc1. The van der Waals surface area contributed by atoms with E-state index in [2.05, 4.69) is 172 Å². The number of aryl methyl sites for hydroxylation is 2. The summed E-state index contributed by atoms with van der Waals surface area (Å²) in [6.45, 7) is 10.9. The molecule has 0 saturated heterocycles. The van der Waals surface area contributed by atoms with Crippen molar-refractivity contribution in [2.24, 2.45) is 0 Å². The van der Waals surface area contributed by atoms with E-state index < -0.39 is 0 Å². The molecule has 2 aromatic heterocycles. The maximum atomic E-state index is 6.68. The average molecular weight is 774 g/mol. The molecule has 0 atom stereocenters. The molecule has 8 aromatic rings. The third-order valence-corrected chi connectivity index (χ3v) is 14.2. The number of hydrogen-bond acceptors (Lipinski definition) is 1. The van der Waals surface area contributed by atoms with Crippen molar-refractivity contribution in [3.05, 3.63) is 190 Å². The lowest BCUT2D eigenvalue weighted by Crippen LogP contribution is -2.15. The van der Waals surface area contributed by atoms with Gasteiger partial charge in [-0.1, -0.05) is 124 Å². The van der Waals surface area contributed by atoms with Gasteiger partial charge in [0.05, 0.1) is 5.52 Å². The van der Waals surface area contributed by atoms with Crippen LogP contribution in [0.1, 0.15) is 96.0 Å². The summed E-state index contributed by atoms with van der Waals surface area (Å²) in [5, 5.41) is 5.30. The van der Waals surface area contributed by atoms with Crippen molar-refractivity contribution in [1.82, 2.24) is 4.57 Å². The van der Waals surface area contributed by atoms with Gasteiger partial charge in [-0.25, -0.2) is 0 Å². The maximum absolute atomic E-state index is 6.68. The van der Waals surface area contributed by atoms with Crippen LogP contribution in [0.2, 0.25) is 0 Å². The third-order valence-electron chi connectivity index (χ3n) is 14.2. The van der Waals surface area contributed by atoms with Gasteiger partial charge in [-0.3, -0.25) is 0 Å². The number of aromatic nitrogens is 1. The van der Waals surface area contributed by atoms with Crippen molar-refractivity contribution in [2.75, 3.05) is 0 Å². The highest BCUT2D eigenvalue weighted by molar-refractivity contribution is 6.04. The minimum Gasteiger partial charge on any atom is -0.456 e. The highest BCUT2D eigenvalue weighted by Gasteiger charge is 2.39. The van der Waals surface area contributed by atoms with Crippen molar-refractivity contribution in [2.45, 2.75) is 64.7 Å². The van der Waals surface area contributed by atoms with Crippen LogP contribution in [0.25, 0.3) is 90.0 Å². The molecule has 0 bridgehead atoms. The van der Waals surface area contributed by atoms with Gasteiger partial charge in [0.1, 0.15) is 11.3 Å². The average Bonchev–Trinajstić information content (AvgIpc) is 3.91. The van der Waals surface area contributed by atoms with Crippen molar-refractivity contribution in [3.8, 4) is 27.9 Å². The number of hydrogen-bond donors (Lipinski definition) is 0. The molecular weight excluding hydrogens is 727 g/mol. The molecule has 2 heterocycles. The van der Waals surface area contributed by atoms with Crippen LogP contribution in [-0.2, 0) is 24.7 Å². The van der Waals surface area contributed by atoms with Gasteiger partial charge >= 0.3 is 0 Å². The second-order valence-corrected chi connectivity index (χ2v) is 17.7. The third kappa shape index (κ3) is 5.13.